The van der Waals surface area contributed by atoms with Gasteiger partial charge in [0.05, 0.1) is 0 Å². The molecule has 0 heterocycles. The predicted molar refractivity (Wildman–Crippen MR) is 55.9 cm³/mol. The second kappa shape index (κ2) is 3.64. The maximum absolute atomic E-state index is 13.8. The summed E-state index contributed by atoms with van der Waals surface area (Å²) >= 11 is 5.44. The van der Waals surface area contributed by atoms with E-state index in [1.54, 1.807) is 6.92 Å². The molecule has 1 nitrogen and oxygen atoms in total. The van der Waals surface area contributed by atoms with Crippen LogP contribution in [0.4, 0.5) is 13.2 Å². The Hall–Kier alpha value is -0.740. The summed E-state index contributed by atoms with van der Waals surface area (Å²) in [5, 5.41) is -0.664. The quantitative estimate of drug-likeness (QED) is 0.632. The topological polar surface area (TPSA) is 26.0 Å². The van der Waals surface area contributed by atoms with Gasteiger partial charge in [-0.3, -0.25) is 0 Å². The lowest BCUT2D eigenvalue weighted by Gasteiger charge is -2.21. The van der Waals surface area contributed by atoms with E-state index >= 15 is 0 Å². The van der Waals surface area contributed by atoms with Gasteiger partial charge < -0.3 is 5.73 Å². The van der Waals surface area contributed by atoms with Crippen molar-refractivity contribution < 1.29 is 13.2 Å². The largest absolute Gasteiger partial charge is 0.327 e. The molecule has 1 aromatic rings. The van der Waals surface area contributed by atoms with Gasteiger partial charge in [0, 0.05) is 23.1 Å². The lowest BCUT2D eigenvalue weighted by Crippen LogP contribution is -2.33. The van der Waals surface area contributed by atoms with Crippen LogP contribution in [-0.2, 0) is 5.41 Å². The van der Waals surface area contributed by atoms with E-state index in [0.29, 0.717) is 18.9 Å². The van der Waals surface area contributed by atoms with E-state index in [2.05, 4.69) is 0 Å². The molecule has 1 unspecified atom stereocenters. The van der Waals surface area contributed by atoms with Crippen molar-refractivity contribution in [1.29, 1.82) is 0 Å². The van der Waals surface area contributed by atoms with Gasteiger partial charge in [-0.05, 0) is 19.8 Å². The third-order valence-corrected chi connectivity index (χ3v) is 3.62. The highest BCUT2D eigenvalue weighted by Gasteiger charge is 2.51. The van der Waals surface area contributed by atoms with E-state index in [1.807, 2.05) is 0 Å². The minimum Gasteiger partial charge on any atom is -0.327 e. The first kappa shape index (κ1) is 11.7. The predicted octanol–water partition coefficient (Wildman–Crippen LogP) is 3.14. The van der Waals surface area contributed by atoms with E-state index in [0.717, 1.165) is 0 Å². The molecule has 1 aromatic carbocycles. The number of benzene rings is 1. The van der Waals surface area contributed by atoms with Crippen molar-refractivity contribution in [3.63, 3.8) is 0 Å². The Morgan fingerprint density at radius 3 is 2.31 bits per heavy atom. The Bertz CT molecular complexity index is 441. The summed E-state index contributed by atoms with van der Waals surface area (Å²) in [6, 6.07) is 0.224. The van der Waals surface area contributed by atoms with Crippen LogP contribution in [0.5, 0.6) is 0 Å². The van der Waals surface area contributed by atoms with Crippen molar-refractivity contribution in [3.05, 3.63) is 34.1 Å². The number of rotatable bonds is 2. The summed E-state index contributed by atoms with van der Waals surface area (Å²) in [7, 11) is 0. The van der Waals surface area contributed by atoms with Crippen molar-refractivity contribution in [2.75, 3.05) is 0 Å². The molecule has 1 saturated carbocycles. The zero-order chi connectivity index (χ0) is 12.1. The third-order valence-electron chi connectivity index (χ3n) is 3.27. The Balaban J connectivity index is 2.62. The fourth-order valence-corrected chi connectivity index (χ4v) is 2.24. The molecule has 2 N–H and O–H groups in total. The summed E-state index contributed by atoms with van der Waals surface area (Å²) in [6.07, 6.45) is 1.20. The molecule has 0 spiro atoms. The van der Waals surface area contributed by atoms with Gasteiger partial charge in [-0.25, -0.2) is 13.2 Å². The van der Waals surface area contributed by atoms with E-state index in [9.17, 15) is 13.2 Å². The molecule has 0 amide bonds. The summed E-state index contributed by atoms with van der Waals surface area (Å²) in [6.45, 7) is 1.68. The Labute approximate surface area is 96.4 Å². The lowest BCUT2D eigenvalue weighted by atomic mass is 9.88. The van der Waals surface area contributed by atoms with Crippen LogP contribution in [0.25, 0.3) is 0 Å². The molecule has 1 aliphatic carbocycles. The van der Waals surface area contributed by atoms with Crippen molar-refractivity contribution in [1.82, 2.24) is 0 Å². The lowest BCUT2D eigenvalue weighted by molar-refractivity contribution is 0.461. The second-order valence-electron chi connectivity index (χ2n) is 4.29. The Morgan fingerprint density at radius 1 is 1.31 bits per heavy atom. The molecule has 0 bridgehead atoms. The van der Waals surface area contributed by atoms with Gasteiger partial charge in [-0.1, -0.05) is 11.6 Å². The van der Waals surface area contributed by atoms with Crippen LogP contribution in [0.2, 0.25) is 5.02 Å². The molecule has 88 valence electrons. The van der Waals surface area contributed by atoms with Crippen LogP contribution >= 0.6 is 11.6 Å². The minimum absolute atomic E-state index is 0.172. The molecule has 0 saturated heterocycles. The monoisotopic (exact) mass is 249 g/mol. The van der Waals surface area contributed by atoms with E-state index < -0.39 is 33.9 Å². The van der Waals surface area contributed by atoms with Crippen LogP contribution < -0.4 is 5.73 Å². The SMILES string of the molecule is CC(N)C1(c2c(F)cc(F)c(Cl)c2F)CC1. The van der Waals surface area contributed by atoms with Crippen LogP contribution in [-0.4, -0.2) is 6.04 Å². The van der Waals surface area contributed by atoms with Crippen molar-refractivity contribution in [3.8, 4) is 0 Å². The first-order valence-electron chi connectivity index (χ1n) is 4.99. The highest BCUT2D eigenvalue weighted by Crippen LogP contribution is 2.52. The van der Waals surface area contributed by atoms with Crippen LogP contribution in [0.3, 0.4) is 0 Å². The molecule has 1 atom stereocenters. The molecular weight excluding hydrogens is 239 g/mol. The standard InChI is InChI=1S/C11H11ClF3N/c1-5(16)11(2-3-11)8-6(13)4-7(14)9(12)10(8)15/h4-5H,2-3,16H2,1H3. The van der Waals surface area contributed by atoms with E-state index in [-0.39, 0.29) is 5.56 Å². The van der Waals surface area contributed by atoms with Gasteiger partial charge in [0.15, 0.2) is 5.82 Å². The molecule has 16 heavy (non-hydrogen) atoms. The fourth-order valence-electron chi connectivity index (χ4n) is 2.09. The van der Waals surface area contributed by atoms with Crippen LogP contribution in [0, 0.1) is 17.5 Å². The van der Waals surface area contributed by atoms with Gasteiger partial charge in [0.2, 0.25) is 0 Å². The minimum atomic E-state index is -1.08. The van der Waals surface area contributed by atoms with E-state index in [4.69, 9.17) is 17.3 Å². The number of hydrogen-bond donors (Lipinski definition) is 1. The zero-order valence-electron chi connectivity index (χ0n) is 8.66. The van der Waals surface area contributed by atoms with Crippen LogP contribution in [0.1, 0.15) is 25.3 Å². The van der Waals surface area contributed by atoms with Gasteiger partial charge >= 0.3 is 0 Å². The summed E-state index contributed by atoms with van der Waals surface area (Å²) in [5.41, 5.74) is 4.83. The summed E-state index contributed by atoms with van der Waals surface area (Å²) < 4.78 is 40.3. The van der Waals surface area contributed by atoms with Crippen molar-refractivity contribution in [2.24, 2.45) is 5.73 Å². The molecule has 0 aliphatic heterocycles. The van der Waals surface area contributed by atoms with E-state index in [1.165, 1.54) is 0 Å². The number of nitrogens with two attached hydrogens (primary N) is 1. The highest BCUT2D eigenvalue weighted by molar-refractivity contribution is 6.31. The summed E-state index contributed by atoms with van der Waals surface area (Å²) in [4.78, 5) is 0. The first-order chi connectivity index (χ1) is 7.40. The maximum atomic E-state index is 13.8. The molecule has 1 fully saturated rings. The summed E-state index contributed by atoms with van der Waals surface area (Å²) in [5.74, 6) is -3.01. The van der Waals surface area contributed by atoms with Crippen molar-refractivity contribution >= 4 is 11.6 Å². The molecule has 0 radical (unpaired) electrons. The Morgan fingerprint density at radius 2 is 1.88 bits per heavy atom. The van der Waals surface area contributed by atoms with Crippen molar-refractivity contribution in [2.45, 2.75) is 31.2 Å². The molecular formula is C11H11ClF3N. The highest BCUT2D eigenvalue weighted by atomic mass is 35.5. The zero-order valence-corrected chi connectivity index (χ0v) is 9.41. The number of hydrogen-bond acceptors (Lipinski definition) is 1. The maximum Gasteiger partial charge on any atom is 0.151 e. The van der Waals surface area contributed by atoms with Gasteiger partial charge in [-0.15, -0.1) is 0 Å². The molecule has 1 aliphatic rings. The number of halogens is 4. The molecule has 2 rings (SSSR count). The smallest absolute Gasteiger partial charge is 0.151 e. The average Bonchev–Trinajstić information content (AvgIpc) is 2.96. The first-order valence-corrected chi connectivity index (χ1v) is 5.37. The average molecular weight is 250 g/mol. The normalized spacial score (nSPS) is 19.6. The van der Waals surface area contributed by atoms with Gasteiger partial charge in [0.1, 0.15) is 16.7 Å². The van der Waals surface area contributed by atoms with Gasteiger partial charge in [0.25, 0.3) is 0 Å². The third kappa shape index (κ3) is 1.52. The van der Waals surface area contributed by atoms with Gasteiger partial charge in [-0.2, -0.15) is 0 Å². The Kier molecular flexibility index (Phi) is 2.67. The molecule has 5 heteroatoms. The molecule has 0 aromatic heterocycles. The second-order valence-corrected chi connectivity index (χ2v) is 4.67. The van der Waals surface area contributed by atoms with Crippen LogP contribution in [0.15, 0.2) is 6.07 Å². The fraction of sp³-hybridized carbons (Fsp3) is 0.455.